The van der Waals surface area contributed by atoms with Crippen molar-refractivity contribution in [3.8, 4) is 16.9 Å². The summed E-state index contributed by atoms with van der Waals surface area (Å²) >= 11 is 0. The maximum Gasteiger partial charge on any atom is 0.137 e. The van der Waals surface area contributed by atoms with Crippen molar-refractivity contribution in [3.05, 3.63) is 108 Å². The van der Waals surface area contributed by atoms with Gasteiger partial charge in [-0.1, -0.05) is 77.6 Å². The van der Waals surface area contributed by atoms with Crippen LogP contribution < -0.4 is 0 Å². The van der Waals surface area contributed by atoms with Crippen LogP contribution in [0.1, 0.15) is 77.3 Å². The molecule has 1 atom stereocenters. The summed E-state index contributed by atoms with van der Waals surface area (Å²) in [6.45, 7) is 12.3. The Hall–Kier alpha value is -3.17. The Labute approximate surface area is 242 Å². The fraction of sp³-hybridized carbons (Fsp3) is 0.353. The molecule has 0 bridgehead atoms. The van der Waals surface area contributed by atoms with Gasteiger partial charge in [0.25, 0.3) is 0 Å². The fourth-order valence-corrected chi connectivity index (χ4v) is 3.65. The summed E-state index contributed by atoms with van der Waals surface area (Å²) in [4.78, 5) is 16.0. The Balaban J connectivity index is 0.000000386. The zero-order valence-corrected chi connectivity index (χ0v) is 26.0. The van der Waals surface area contributed by atoms with Gasteiger partial charge in [-0.2, -0.15) is 0 Å². The maximum absolute atomic E-state index is 13.1. The van der Waals surface area contributed by atoms with Gasteiger partial charge in [0.1, 0.15) is 23.2 Å². The third-order valence-electron chi connectivity index (χ3n) is 5.91. The minimum absolute atomic E-state index is 0.0235. The average molecular weight is 567 g/mol. The summed E-state index contributed by atoms with van der Waals surface area (Å²) < 4.78 is 27.9. The number of ketones is 1. The minimum Gasteiger partial charge on any atom is -0.303 e. The van der Waals surface area contributed by atoms with Gasteiger partial charge in [-0.25, -0.2) is 13.8 Å². The third kappa shape index (κ3) is 12.8. The molecule has 216 valence electrons. The molecule has 0 spiro atoms. The number of carbonyl (C=O) groups excluding carboxylic acids is 1. The molecule has 0 aliphatic heterocycles. The van der Waals surface area contributed by atoms with Gasteiger partial charge in [0.15, 0.2) is 0 Å². The lowest BCUT2D eigenvalue weighted by atomic mass is 10.1. The topological polar surface area (TPSA) is 34.9 Å². The van der Waals surface area contributed by atoms with Gasteiger partial charge in [-0.15, -0.1) is 9.24 Å². The van der Waals surface area contributed by atoms with Crippen LogP contribution in [0.25, 0.3) is 16.9 Å². The van der Waals surface area contributed by atoms with Crippen LogP contribution in [0.2, 0.25) is 0 Å². The predicted octanol–water partition coefficient (Wildman–Crippen LogP) is 9.93. The van der Waals surface area contributed by atoms with Gasteiger partial charge < -0.3 is 4.57 Å². The van der Waals surface area contributed by atoms with Gasteiger partial charge >= 0.3 is 0 Å². The lowest BCUT2D eigenvalue weighted by Gasteiger charge is -2.06. The van der Waals surface area contributed by atoms with Crippen molar-refractivity contribution in [2.45, 2.75) is 79.8 Å². The second-order valence-electron chi connectivity index (χ2n) is 9.41. The second-order valence-corrected chi connectivity index (χ2v) is 9.81. The normalized spacial score (nSPS) is 9.82. The van der Waals surface area contributed by atoms with Crippen molar-refractivity contribution in [2.24, 2.45) is 0 Å². The highest BCUT2D eigenvalue weighted by molar-refractivity contribution is 7.15. The fourth-order valence-electron chi connectivity index (χ4n) is 3.19. The zero-order chi connectivity index (χ0) is 29.9. The van der Waals surface area contributed by atoms with Gasteiger partial charge in [0, 0.05) is 17.4 Å². The Morgan fingerprint density at radius 3 is 1.73 bits per heavy atom. The van der Waals surface area contributed by atoms with E-state index >= 15 is 0 Å². The monoisotopic (exact) mass is 566 g/mol. The average Bonchev–Trinajstić information content (AvgIpc) is 3.37. The molecule has 0 N–H and O–H groups in total. The van der Waals surface area contributed by atoms with Gasteiger partial charge in [-0.05, 0) is 79.7 Å². The molecule has 0 radical (unpaired) electrons. The number of aryl methyl sites for hydroxylation is 1. The lowest BCUT2D eigenvalue weighted by Crippen LogP contribution is -2.05. The summed E-state index contributed by atoms with van der Waals surface area (Å²) in [5.74, 6) is -0.121. The van der Waals surface area contributed by atoms with Gasteiger partial charge in [-0.3, -0.25) is 4.79 Å². The molecule has 0 saturated carbocycles. The molecular weight excluding hydrogens is 521 g/mol. The molecular formula is C34H45F2N2OP. The van der Waals surface area contributed by atoms with Crippen LogP contribution in [0.15, 0.2) is 79.0 Å². The SMILES string of the molecule is CC(=O)Cc1nc(-c2ccc(F)cc2)cn1-c1ccc(F)cc1.CCCC.CCCC.Cc1ccccc1CP. The number of rotatable bonds is 7. The van der Waals surface area contributed by atoms with Crippen molar-refractivity contribution >= 4 is 15.0 Å². The number of aromatic nitrogens is 2. The van der Waals surface area contributed by atoms with Crippen LogP contribution >= 0.6 is 9.24 Å². The third-order valence-corrected chi connectivity index (χ3v) is 6.35. The van der Waals surface area contributed by atoms with E-state index in [1.165, 1.54) is 68.0 Å². The molecule has 40 heavy (non-hydrogen) atoms. The Bertz CT molecular complexity index is 1240. The first kappa shape index (κ1) is 34.9. The van der Waals surface area contributed by atoms with Gasteiger partial charge in [0.05, 0.1) is 12.1 Å². The number of unbranched alkanes of at least 4 members (excludes halogenated alkanes) is 2. The van der Waals surface area contributed by atoms with Crippen LogP contribution in [-0.2, 0) is 17.4 Å². The molecule has 1 aromatic heterocycles. The summed E-state index contributed by atoms with van der Waals surface area (Å²) in [5, 5.41) is 0. The van der Waals surface area contributed by atoms with Gasteiger partial charge in [0.2, 0.25) is 0 Å². The van der Waals surface area contributed by atoms with Crippen molar-refractivity contribution < 1.29 is 13.6 Å². The van der Waals surface area contributed by atoms with E-state index in [-0.39, 0.29) is 23.8 Å². The minimum atomic E-state index is -0.333. The van der Waals surface area contributed by atoms with E-state index in [1.807, 2.05) is 0 Å². The second kappa shape index (κ2) is 19.8. The highest BCUT2D eigenvalue weighted by Gasteiger charge is 2.13. The number of carbonyl (C=O) groups is 1. The van der Waals surface area contributed by atoms with Crippen LogP contribution in [0.5, 0.6) is 0 Å². The molecule has 0 aliphatic carbocycles. The quantitative estimate of drug-likeness (QED) is 0.209. The standard InChI is InChI=1S/C18H14F2N2O.C8H11P.2C4H10/c1-12(23)10-18-21-17(13-2-4-14(19)5-3-13)11-22(18)16-8-6-15(20)7-9-16;1-7-4-2-3-5-8(7)6-9;2*1-3-4-2/h2-9,11H,10H2,1H3;2-5H,6,9H2,1H3;2*3-4H2,1-2H3. The van der Waals surface area contributed by atoms with Crippen molar-refractivity contribution in [2.75, 3.05) is 0 Å². The van der Waals surface area contributed by atoms with Crippen LogP contribution in [0, 0.1) is 18.6 Å². The number of halogens is 2. The van der Waals surface area contributed by atoms with Crippen LogP contribution in [0.3, 0.4) is 0 Å². The molecule has 3 aromatic carbocycles. The number of benzene rings is 3. The number of imidazole rings is 1. The Morgan fingerprint density at radius 1 is 0.800 bits per heavy atom. The van der Waals surface area contributed by atoms with E-state index in [9.17, 15) is 13.6 Å². The first-order chi connectivity index (χ1) is 19.2. The first-order valence-electron chi connectivity index (χ1n) is 14.0. The predicted molar refractivity (Wildman–Crippen MR) is 169 cm³/mol. The highest BCUT2D eigenvalue weighted by Crippen LogP contribution is 2.22. The number of Topliss-reactive ketones (excluding diaryl/α,β-unsaturated/α-hetero) is 1. The molecule has 4 aromatic rings. The lowest BCUT2D eigenvalue weighted by molar-refractivity contribution is -0.116. The summed E-state index contributed by atoms with van der Waals surface area (Å²) in [6, 6.07) is 20.4. The van der Waals surface area contributed by atoms with Crippen LogP contribution in [0.4, 0.5) is 8.78 Å². The molecule has 0 amide bonds. The molecule has 0 saturated heterocycles. The van der Waals surface area contributed by atoms with E-state index in [1.54, 1.807) is 35.0 Å². The summed E-state index contributed by atoms with van der Waals surface area (Å²) in [7, 11) is 2.73. The Kier molecular flexibility index (Phi) is 17.3. The Morgan fingerprint density at radius 2 is 1.30 bits per heavy atom. The molecule has 1 unspecified atom stereocenters. The van der Waals surface area contributed by atoms with E-state index in [0.717, 1.165) is 11.7 Å². The number of nitrogens with zero attached hydrogens (tertiary/aromatic N) is 2. The van der Waals surface area contributed by atoms with Crippen molar-refractivity contribution in [1.82, 2.24) is 9.55 Å². The molecule has 0 aliphatic rings. The number of hydrogen-bond acceptors (Lipinski definition) is 2. The van der Waals surface area contributed by atoms with E-state index in [0.29, 0.717) is 17.2 Å². The zero-order valence-electron chi connectivity index (χ0n) is 24.9. The molecule has 6 heteroatoms. The first-order valence-corrected chi connectivity index (χ1v) is 14.9. The maximum atomic E-state index is 13.1. The number of hydrogen-bond donors (Lipinski definition) is 0. The molecule has 3 nitrogen and oxygen atoms in total. The largest absolute Gasteiger partial charge is 0.303 e. The van der Waals surface area contributed by atoms with E-state index < -0.39 is 0 Å². The van der Waals surface area contributed by atoms with Crippen molar-refractivity contribution in [3.63, 3.8) is 0 Å². The molecule has 0 fully saturated rings. The summed E-state index contributed by atoms with van der Waals surface area (Å²) in [6.07, 6.45) is 8.27. The van der Waals surface area contributed by atoms with E-state index in [2.05, 4.69) is 73.1 Å². The molecule has 4 rings (SSSR count). The summed E-state index contributed by atoms with van der Waals surface area (Å²) in [5.41, 5.74) is 4.89. The van der Waals surface area contributed by atoms with E-state index in [4.69, 9.17) is 0 Å². The van der Waals surface area contributed by atoms with Crippen LogP contribution in [-0.4, -0.2) is 15.3 Å². The smallest absolute Gasteiger partial charge is 0.137 e. The highest BCUT2D eigenvalue weighted by atomic mass is 31.0. The van der Waals surface area contributed by atoms with Crippen molar-refractivity contribution in [1.29, 1.82) is 0 Å². The molecule has 1 heterocycles.